The molecule has 2 heterocycles. The van der Waals surface area contributed by atoms with Crippen molar-refractivity contribution in [2.45, 2.75) is 26.3 Å². The Labute approximate surface area is 154 Å². The standard InChI is InChI=1S/C21H25N3O2/c1-15(2)21(26)24-13-18(16-8-4-3-5-9-16)19(14-24)20(25)23-12-17-10-6-7-11-22-17/h3-11,15,18-19H,12-14H2,1-2H3,(H,23,25). The van der Waals surface area contributed by atoms with Gasteiger partial charge in [0.1, 0.15) is 0 Å². The van der Waals surface area contributed by atoms with Crippen LogP contribution in [0.5, 0.6) is 0 Å². The predicted molar refractivity (Wildman–Crippen MR) is 100 cm³/mol. The Morgan fingerprint density at radius 2 is 1.85 bits per heavy atom. The van der Waals surface area contributed by atoms with Crippen LogP contribution in [-0.4, -0.2) is 34.8 Å². The van der Waals surface area contributed by atoms with Gasteiger partial charge < -0.3 is 10.2 Å². The van der Waals surface area contributed by atoms with E-state index in [1.165, 1.54) is 0 Å². The molecule has 2 atom stereocenters. The van der Waals surface area contributed by atoms with E-state index in [4.69, 9.17) is 0 Å². The number of hydrogen-bond donors (Lipinski definition) is 1. The van der Waals surface area contributed by atoms with Crippen LogP contribution in [0.4, 0.5) is 0 Å². The first-order chi connectivity index (χ1) is 12.6. The van der Waals surface area contributed by atoms with Crippen molar-refractivity contribution in [1.29, 1.82) is 0 Å². The molecule has 0 radical (unpaired) electrons. The first kappa shape index (κ1) is 18.1. The van der Waals surface area contributed by atoms with E-state index >= 15 is 0 Å². The Morgan fingerprint density at radius 3 is 2.50 bits per heavy atom. The van der Waals surface area contributed by atoms with Crippen molar-refractivity contribution >= 4 is 11.8 Å². The van der Waals surface area contributed by atoms with Gasteiger partial charge in [-0.25, -0.2) is 0 Å². The molecule has 5 nitrogen and oxygen atoms in total. The molecule has 1 aliphatic heterocycles. The topological polar surface area (TPSA) is 62.3 Å². The van der Waals surface area contributed by atoms with Crippen molar-refractivity contribution in [3.05, 3.63) is 66.0 Å². The summed E-state index contributed by atoms with van der Waals surface area (Å²) < 4.78 is 0. The van der Waals surface area contributed by atoms with Crippen LogP contribution in [0.1, 0.15) is 31.0 Å². The number of benzene rings is 1. The lowest BCUT2D eigenvalue weighted by molar-refractivity contribution is -0.133. The highest BCUT2D eigenvalue weighted by Crippen LogP contribution is 2.33. The number of nitrogens with zero attached hydrogens (tertiary/aromatic N) is 2. The van der Waals surface area contributed by atoms with E-state index in [1.807, 2.05) is 67.3 Å². The third-order valence-corrected chi connectivity index (χ3v) is 4.86. The summed E-state index contributed by atoms with van der Waals surface area (Å²) in [7, 11) is 0. The second kappa shape index (κ2) is 8.13. The summed E-state index contributed by atoms with van der Waals surface area (Å²) in [5.74, 6) is -0.220. The van der Waals surface area contributed by atoms with Gasteiger partial charge in [-0.05, 0) is 17.7 Å². The van der Waals surface area contributed by atoms with Crippen LogP contribution in [0.3, 0.4) is 0 Å². The molecule has 0 spiro atoms. The Kier molecular flexibility index (Phi) is 5.66. The molecule has 3 rings (SSSR count). The van der Waals surface area contributed by atoms with Crippen molar-refractivity contribution in [2.75, 3.05) is 13.1 Å². The average Bonchev–Trinajstić information content (AvgIpc) is 3.12. The fraction of sp³-hybridized carbons (Fsp3) is 0.381. The van der Waals surface area contributed by atoms with Crippen LogP contribution >= 0.6 is 0 Å². The maximum atomic E-state index is 12.9. The maximum Gasteiger partial charge on any atom is 0.225 e. The molecule has 1 aliphatic rings. The quantitative estimate of drug-likeness (QED) is 0.901. The van der Waals surface area contributed by atoms with Gasteiger partial charge in [0.15, 0.2) is 0 Å². The molecule has 1 aromatic heterocycles. The molecule has 5 heteroatoms. The van der Waals surface area contributed by atoms with E-state index in [0.29, 0.717) is 19.6 Å². The Bertz CT molecular complexity index is 746. The van der Waals surface area contributed by atoms with Crippen LogP contribution in [0.2, 0.25) is 0 Å². The third kappa shape index (κ3) is 4.10. The molecule has 0 bridgehead atoms. The van der Waals surface area contributed by atoms with Gasteiger partial charge in [0.2, 0.25) is 11.8 Å². The lowest BCUT2D eigenvalue weighted by atomic mass is 9.88. The van der Waals surface area contributed by atoms with E-state index in [0.717, 1.165) is 11.3 Å². The van der Waals surface area contributed by atoms with Crippen molar-refractivity contribution in [2.24, 2.45) is 11.8 Å². The molecule has 1 saturated heterocycles. The van der Waals surface area contributed by atoms with Gasteiger partial charge in [0.05, 0.1) is 18.2 Å². The average molecular weight is 351 g/mol. The van der Waals surface area contributed by atoms with Gasteiger partial charge in [-0.1, -0.05) is 50.2 Å². The van der Waals surface area contributed by atoms with E-state index < -0.39 is 0 Å². The van der Waals surface area contributed by atoms with Gasteiger partial charge in [0, 0.05) is 31.1 Å². The van der Waals surface area contributed by atoms with Crippen molar-refractivity contribution in [3.63, 3.8) is 0 Å². The first-order valence-electron chi connectivity index (χ1n) is 9.07. The zero-order valence-corrected chi connectivity index (χ0v) is 15.3. The molecular formula is C21H25N3O2. The highest BCUT2D eigenvalue weighted by atomic mass is 16.2. The highest BCUT2D eigenvalue weighted by molar-refractivity contribution is 5.84. The molecule has 2 unspecified atom stereocenters. The van der Waals surface area contributed by atoms with Crippen LogP contribution in [0, 0.1) is 11.8 Å². The lowest BCUT2D eigenvalue weighted by Gasteiger charge is -2.18. The van der Waals surface area contributed by atoms with Gasteiger partial charge in [-0.3, -0.25) is 14.6 Å². The largest absolute Gasteiger partial charge is 0.350 e. The van der Waals surface area contributed by atoms with E-state index in [9.17, 15) is 9.59 Å². The minimum absolute atomic E-state index is 0.0163. The number of carbonyl (C=O) groups is 2. The molecule has 26 heavy (non-hydrogen) atoms. The lowest BCUT2D eigenvalue weighted by Crippen LogP contribution is -2.36. The number of hydrogen-bond acceptors (Lipinski definition) is 3. The number of nitrogens with one attached hydrogen (secondary N) is 1. The second-order valence-corrected chi connectivity index (χ2v) is 7.06. The number of pyridine rings is 1. The third-order valence-electron chi connectivity index (χ3n) is 4.86. The normalized spacial score (nSPS) is 19.6. The molecule has 1 fully saturated rings. The summed E-state index contributed by atoms with van der Waals surface area (Å²) in [6.45, 7) is 5.24. The number of aromatic nitrogens is 1. The summed E-state index contributed by atoms with van der Waals surface area (Å²) in [5, 5.41) is 2.99. The predicted octanol–water partition coefficient (Wildman–Crippen LogP) is 2.60. The summed E-state index contributed by atoms with van der Waals surface area (Å²) in [6, 6.07) is 15.6. The smallest absolute Gasteiger partial charge is 0.225 e. The minimum Gasteiger partial charge on any atom is -0.350 e. The minimum atomic E-state index is -0.246. The fourth-order valence-electron chi connectivity index (χ4n) is 3.46. The Hall–Kier alpha value is -2.69. The van der Waals surface area contributed by atoms with Crippen molar-refractivity contribution in [3.8, 4) is 0 Å². The van der Waals surface area contributed by atoms with E-state index in [2.05, 4.69) is 10.3 Å². The second-order valence-electron chi connectivity index (χ2n) is 7.06. The molecule has 0 saturated carbocycles. The molecule has 0 aliphatic carbocycles. The van der Waals surface area contributed by atoms with E-state index in [-0.39, 0.29) is 29.6 Å². The number of amides is 2. The van der Waals surface area contributed by atoms with Crippen LogP contribution < -0.4 is 5.32 Å². The Balaban J connectivity index is 1.75. The summed E-state index contributed by atoms with van der Waals surface area (Å²) in [5.41, 5.74) is 1.93. The molecule has 2 amide bonds. The van der Waals surface area contributed by atoms with Crippen LogP contribution in [-0.2, 0) is 16.1 Å². The van der Waals surface area contributed by atoms with Crippen LogP contribution in [0.25, 0.3) is 0 Å². The van der Waals surface area contributed by atoms with E-state index in [1.54, 1.807) is 6.20 Å². The summed E-state index contributed by atoms with van der Waals surface area (Å²) in [6.07, 6.45) is 1.72. The van der Waals surface area contributed by atoms with Crippen LogP contribution in [0.15, 0.2) is 54.7 Å². The highest BCUT2D eigenvalue weighted by Gasteiger charge is 2.40. The van der Waals surface area contributed by atoms with Crippen molar-refractivity contribution in [1.82, 2.24) is 15.2 Å². The SMILES string of the molecule is CC(C)C(=O)N1CC(C(=O)NCc2ccccn2)C(c2ccccc2)C1. The van der Waals surface area contributed by atoms with Gasteiger partial charge in [-0.15, -0.1) is 0 Å². The molecule has 136 valence electrons. The molecular weight excluding hydrogens is 326 g/mol. The summed E-state index contributed by atoms with van der Waals surface area (Å²) in [4.78, 5) is 31.4. The fourth-order valence-corrected chi connectivity index (χ4v) is 3.46. The zero-order chi connectivity index (χ0) is 18.5. The number of carbonyl (C=O) groups excluding carboxylic acids is 2. The number of rotatable bonds is 5. The van der Waals surface area contributed by atoms with Gasteiger partial charge in [0.25, 0.3) is 0 Å². The first-order valence-corrected chi connectivity index (χ1v) is 9.07. The monoisotopic (exact) mass is 351 g/mol. The molecule has 1 aromatic carbocycles. The zero-order valence-electron chi connectivity index (χ0n) is 15.3. The Morgan fingerprint density at radius 1 is 1.12 bits per heavy atom. The molecule has 1 N–H and O–H groups in total. The van der Waals surface area contributed by atoms with Crippen molar-refractivity contribution < 1.29 is 9.59 Å². The number of likely N-dealkylation sites (tertiary alicyclic amines) is 1. The van der Waals surface area contributed by atoms with Gasteiger partial charge in [-0.2, -0.15) is 0 Å². The summed E-state index contributed by atoms with van der Waals surface area (Å²) >= 11 is 0. The maximum absolute atomic E-state index is 12.9. The molecule has 2 aromatic rings. The van der Waals surface area contributed by atoms with Gasteiger partial charge >= 0.3 is 0 Å².